The van der Waals surface area contributed by atoms with Gasteiger partial charge in [0.15, 0.2) is 0 Å². The lowest BCUT2D eigenvalue weighted by atomic mass is 10.0. The zero-order valence-electron chi connectivity index (χ0n) is 11.8. The summed E-state index contributed by atoms with van der Waals surface area (Å²) >= 11 is 0. The van der Waals surface area contributed by atoms with Crippen molar-refractivity contribution < 1.29 is 19.1 Å². The van der Waals surface area contributed by atoms with Crippen LogP contribution in [-0.2, 0) is 11.2 Å². The fourth-order valence-electron chi connectivity index (χ4n) is 2.11. The first kappa shape index (κ1) is 15.8. The molecule has 0 saturated heterocycles. The average molecular weight is 306 g/mol. The minimum absolute atomic E-state index is 0.158. The summed E-state index contributed by atoms with van der Waals surface area (Å²) in [5.74, 6) is 0.486. The minimum Gasteiger partial charge on any atom is -0.489 e. The molecule has 0 radical (unpaired) electrons. The smallest absolute Gasteiger partial charge is 0.326 e. The van der Waals surface area contributed by atoms with Gasteiger partial charge in [-0.25, -0.2) is 0 Å². The van der Waals surface area contributed by atoms with Crippen LogP contribution in [0.15, 0.2) is 54.6 Å². The first-order chi connectivity index (χ1) is 9.94. The van der Waals surface area contributed by atoms with Crippen molar-refractivity contribution in [1.29, 1.82) is 0 Å². The molecule has 1 atom stereocenters. The highest BCUT2D eigenvalue weighted by Gasteiger charge is 2.19. The molecule has 21 heavy (non-hydrogen) atoms. The van der Waals surface area contributed by atoms with Gasteiger partial charge in [-0.15, -0.1) is 0 Å². The quantitative estimate of drug-likeness (QED) is 0.801. The van der Waals surface area contributed by atoms with Crippen LogP contribution < -0.4 is 4.74 Å². The summed E-state index contributed by atoms with van der Waals surface area (Å²) in [5, 5.41) is 0. The number of ether oxygens (including phenoxy) is 1. The summed E-state index contributed by atoms with van der Waals surface area (Å²) < 4.78 is 16.8. The van der Waals surface area contributed by atoms with Crippen molar-refractivity contribution in [3.63, 3.8) is 0 Å². The third kappa shape index (κ3) is 5.35. The van der Waals surface area contributed by atoms with E-state index in [1.807, 2.05) is 54.6 Å². The molecule has 2 aromatic carbocycles. The van der Waals surface area contributed by atoms with Gasteiger partial charge in [-0.2, -0.15) is 0 Å². The molecule has 2 aromatic rings. The Labute approximate surface area is 124 Å². The van der Waals surface area contributed by atoms with E-state index in [1.165, 1.54) is 0 Å². The molecule has 0 aliphatic heterocycles. The van der Waals surface area contributed by atoms with E-state index in [2.05, 4.69) is 0 Å². The van der Waals surface area contributed by atoms with Crippen LogP contribution in [0.25, 0.3) is 0 Å². The largest absolute Gasteiger partial charge is 0.489 e. The van der Waals surface area contributed by atoms with Crippen LogP contribution >= 0.6 is 7.60 Å². The highest BCUT2D eigenvalue weighted by molar-refractivity contribution is 7.51. The molecular weight excluding hydrogens is 287 g/mol. The number of hydrogen-bond acceptors (Lipinski definition) is 2. The van der Waals surface area contributed by atoms with Gasteiger partial charge in [0.05, 0.1) is 6.16 Å². The topological polar surface area (TPSA) is 66.8 Å². The number of benzene rings is 2. The molecule has 112 valence electrons. The van der Waals surface area contributed by atoms with Crippen molar-refractivity contribution in [3.05, 3.63) is 65.7 Å². The molecule has 0 heterocycles. The van der Waals surface area contributed by atoms with Crippen LogP contribution in [0.2, 0.25) is 0 Å². The van der Waals surface area contributed by atoms with Gasteiger partial charge in [0, 0.05) is 0 Å². The highest BCUT2D eigenvalue weighted by atomic mass is 31.2. The molecule has 0 bridgehead atoms. The van der Waals surface area contributed by atoms with Crippen LogP contribution in [0.4, 0.5) is 0 Å². The SMILES string of the molecule is C[C@H](CP(=O)(O)O)c1cccc(OCc2ccccc2)c1. The van der Waals surface area contributed by atoms with Crippen LogP contribution in [0.5, 0.6) is 5.75 Å². The summed E-state index contributed by atoms with van der Waals surface area (Å²) in [6, 6.07) is 17.2. The molecule has 0 fully saturated rings. The van der Waals surface area contributed by atoms with Crippen LogP contribution in [-0.4, -0.2) is 15.9 Å². The molecule has 0 unspecified atom stereocenters. The summed E-state index contributed by atoms with van der Waals surface area (Å²) in [7, 11) is -4.01. The van der Waals surface area contributed by atoms with Crippen LogP contribution in [0, 0.1) is 0 Å². The van der Waals surface area contributed by atoms with Gasteiger partial charge in [0.1, 0.15) is 12.4 Å². The van der Waals surface area contributed by atoms with E-state index in [1.54, 1.807) is 6.92 Å². The van der Waals surface area contributed by atoms with E-state index in [9.17, 15) is 4.57 Å². The monoisotopic (exact) mass is 306 g/mol. The Hall–Kier alpha value is -1.61. The number of rotatable bonds is 6. The molecule has 2 N–H and O–H groups in total. The van der Waals surface area contributed by atoms with Crippen molar-refractivity contribution in [3.8, 4) is 5.75 Å². The van der Waals surface area contributed by atoms with Gasteiger partial charge in [-0.05, 0) is 29.2 Å². The first-order valence-electron chi connectivity index (χ1n) is 6.75. The van der Waals surface area contributed by atoms with Gasteiger partial charge < -0.3 is 14.5 Å². The summed E-state index contributed by atoms with van der Waals surface area (Å²) in [6.45, 7) is 2.27. The Bertz CT molecular complexity index is 621. The third-order valence-electron chi connectivity index (χ3n) is 3.19. The average Bonchev–Trinajstić information content (AvgIpc) is 2.45. The van der Waals surface area contributed by atoms with E-state index in [4.69, 9.17) is 14.5 Å². The van der Waals surface area contributed by atoms with Crippen LogP contribution in [0.1, 0.15) is 24.0 Å². The Morgan fingerprint density at radius 2 is 1.81 bits per heavy atom. The van der Waals surface area contributed by atoms with Gasteiger partial charge in [0.2, 0.25) is 0 Å². The van der Waals surface area contributed by atoms with Crippen molar-refractivity contribution in [2.45, 2.75) is 19.4 Å². The van der Waals surface area contributed by atoms with E-state index in [0.717, 1.165) is 11.1 Å². The molecule has 0 amide bonds. The lowest BCUT2D eigenvalue weighted by Crippen LogP contribution is -2.02. The fourth-order valence-corrected chi connectivity index (χ4v) is 3.04. The van der Waals surface area contributed by atoms with Crippen molar-refractivity contribution in [2.24, 2.45) is 0 Å². The van der Waals surface area contributed by atoms with Gasteiger partial charge >= 0.3 is 7.60 Å². The maximum absolute atomic E-state index is 11.1. The minimum atomic E-state index is -4.01. The molecule has 5 heteroatoms. The number of hydrogen-bond donors (Lipinski definition) is 2. The van der Waals surface area contributed by atoms with Crippen molar-refractivity contribution in [1.82, 2.24) is 0 Å². The predicted octanol–water partition coefficient (Wildman–Crippen LogP) is 3.55. The summed E-state index contributed by atoms with van der Waals surface area (Å²) in [4.78, 5) is 18.1. The van der Waals surface area contributed by atoms with Gasteiger partial charge in [-0.1, -0.05) is 49.4 Å². The lowest BCUT2D eigenvalue weighted by Gasteiger charge is -2.14. The zero-order chi connectivity index (χ0) is 15.3. The lowest BCUT2D eigenvalue weighted by molar-refractivity contribution is 0.305. The molecule has 0 spiro atoms. The summed E-state index contributed by atoms with van der Waals surface area (Å²) in [5.41, 5.74) is 1.94. The van der Waals surface area contributed by atoms with E-state index in [-0.39, 0.29) is 12.1 Å². The molecule has 0 saturated carbocycles. The molecule has 0 aromatic heterocycles. The normalized spacial score (nSPS) is 12.9. The molecule has 4 nitrogen and oxygen atoms in total. The zero-order valence-corrected chi connectivity index (χ0v) is 12.7. The van der Waals surface area contributed by atoms with E-state index in [0.29, 0.717) is 12.4 Å². The molecule has 0 aliphatic rings. The fraction of sp³-hybridized carbons (Fsp3) is 0.250. The molecular formula is C16H19O4P. The Kier molecular flexibility index (Phi) is 5.18. The predicted molar refractivity (Wildman–Crippen MR) is 82.5 cm³/mol. The van der Waals surface area contributed by atoms with Gasteiger partial charge in [0.25, 0.3) is 0 Å². The third-order valence-corrected chi connectivity index (χ3v) is 4.21. The molecule has 0 aliphatic carbocycles. The van der Waals surface area contributed by atoms with E-state index < -0.39 is 7.60 Å². The van der Waals surface area contributed by atoms with Crippen molar-refractivity contribution in [2.75, 3.05) is 6.16 Å². The van der Waals surface area contributed by atoms with Crippen molar-refractivity contribution >= 4 is 7.60 Å². The first-order valence-corrected chi connectivity index (χ1v) is 8.55. The molecule has 2 rings (SSSR count). The summed E-state index contributed by atoms with van der Waals surface area (Å²) in [6.07, 6.45) is -0.158. The Balaban J connectivity index is 2.02. The maximum Gasteiger partial charge on any atom is 0.326 e. The highest BCUT2D eigenvalue weighted by Crippen LogP contribution is 2.40. The van der Waals surface area contributed by atoms with Gasteiger partial charge in [-0.3, -0.25) is 4.57 Å². The Morgan fingerprint density at radius 3 is 2.48 bits per heavy atom. The van der Waals surface area contributed by atoms with Crippen LogP contribution in [0.3, 0.4) is 0 Å². The second-order valence-electron chi connectivity index (χ2n) is 5.10. The second kappa shape index (κ2) is 6.90. The Morgan fingerprint density at radius 1 is 1.10 bits per heavy atom. The standard InChI is InChI=1S/C16H19O4P/c1-13(12-21(17,18)19)15-8-5-9-16(10-15)20-11-14-6-3-2-4-7-14/h2-10,13H,11-12H2,1H3,(H2,17,18,19)/t13-/m1/s1. The second-order valence-corrected chi connectivity index (χ2v) is 6.79. The maximum atomic E-state index is 11.1. The van der Waals surface area contributed by atoms with E-state index >= 15 is 0 Å².